The van der Waals surface area contributed by atoms with Gasteiger partial charge >= 0.3 is 0 Å². The van der Waals surface area contributed by atoms with Gasteiger partial charge in [0.1, 0.15) is 0 Å². The summed E-state index contributed by atoms with van der Waals surface area (Å²) in [7, 11) is 0. The van der Waals surface area contributed by atoms with Gasteiger partial charge in [-0.05, 0) is 6.92 Å². The van der Waals surface area contributed by atoms with Crippen molar-refractivity contribution < 1.29 is 13.5 Å². The largest absolute Gasteiger partial charge is 0.470 e. The van der Waals surface area contributed by atoms with Crippen LogP contribution in [0.3, 0.4) is 0 Å². The van der Waals surface area contributed by atoms with Gasteiger partial charge in [0, 0.05) is 12.4 Å². The van der Waals surface area contributed by atoms with E-state index in [1.807, 2.05) is 0 Å². The third kappa shape index (κ3) is 2.41. The number of aromatic nitrogens is 2. The molecule has 12 heavy (non-hydrogen) atoms. The quantitative estimate of drug-likeness (QED) is 0.695. The molecular formula is C7H8F2N2O. The number of alkyl halides is 2. The molecule has 1 rings (SSSR count). The molecule has 0 aliphatic rings. The van der Waals surface area contributed by atoms with E-state index in [2.05, 4.69) is 14.7 Å². The molecular weight excluding hydrogens is 166 g/mol. The van der Waals surface area contributed by atoms with Crippen molar-refractivity contribution in [2.24, 2.45) is 0 Å². The zero-order chi connectivity index (χ0) is 8.97. The molecule has 0 unspecified atom stereocenters. The number of ether oxygens (including phenoxy) is 1. The highest BCUT2D eigenvalue weighted by Crippen LogP contribution is 2.09. The minimum Gasteiger partial charge on any atom is -0.470 e. The van der Waals surface area contributed by atoms with Crippen molar-refractivity contribution in [2.75, 3.05) is 6.61 Å². The molecule has 0 saturated heterocycles. The first kappa shape index (κ1) is 8.83. The maximum absolute atomic E-state index is 11.7. The Bertz CT molecular complexity index is 255. The first-order valence-electron chi connectivity index (χ1n) is 3.38. The number of aryl methyl sites for hydroxylation is 1. The molecule has 0 fully saturated rings. The van der Waals surface area contributed by atoms with Crippen molar-refractivity contribution in [3.63, 3.8) is 0 Å². The van der Waals surface area contributed by atoms with Crippen molar-refractivity contribution in [3.05, 3.63) is 18.1 Å². The van der Waals surface area contributed by atoms with E-state index in [0.717, 1.165) is 0 Å². The van der Waals surface area contributed by atoms with Crippen molar-refractivity contribution in [1.82, 2.24) is 9.97 Å². The fraction of sp³-hybridized carbons (Fsp3) is 0.429. The van der Waals surface area contributed by atoms with Gasteiger partial charge in [-0.1, -0.05) is 0 Å². The Labute approximate surface area is 68.4 Å². The molecule has 1 heterocycles. The zero-order valence-corrected chi connectivity index (χ0v) is 6.50. The molecule has 0 saturated carbocycles. The van der Waals surface area contributed by atoms with Gasteiger partial charge in [-0.25, -0.2) is 13.8 Å². The van der Waals surface area contributed by atoms with E-state index in [1.165, 1.54) is 12.4 Å². The average Bonchev–Trinajstić information content (AvgIpc) is 2.03. The fourth-order valence-electron chi connectivity index (χ4n) is 0.678. The van der Waals surface area contributed by atoms with Crippen LogP contribution in [0, 0.1) is 6.92 Å². The van der Waals surface area contributed by atoms with Gasteiger partial charge in [-0.15, -0.1) is 0 Å². The summed E-state index contributed by atoms with van der Waals surface area (Å²) in [5.74, 6) is 0.165. The normalized spacial score (nSPS) is 10.3. The van der Waals surface area contributed by atoms with Gasteiger partial charge in [0.15, 0.2) is 6.61 Å². The molecule has 1 aromatic rings. The second-order valence-electron chi connectivity index (χ2n) is 2.15. The lowest BCUT2D eigenvalue weighted by Gasteiger charge is -2.04. The summed E-state index contributed by atoms with van der Waals surface area (Å²) in [5, 5.41) is 0. The predicted octanol–water partition coefficient (Wildman–Crippen LogP) is 1.43. The van der Waals surface area contributed by atoms with Crippen LogP contribution < -0.4 is 4.74 Å². The molecule has 0 bridgehead atoms. The summed E-state index contributed by atoms with van der Waals surface area (Å²) in [4.78, 5) is 7.56. The molecule has 0 spiro atoms. The second kappa shape index (κ2) is 3.94. The first-order chi connectivity index (χ1) is 5.70. The van der Waals surface area contributed by atoms with Gasteiger partial charge in [0.05, 0.1) is 5.69 Å². The lowest BCUT2D eigenvalue weighted by molar-refractivity contribution is 0.0789. The van der Waals surface area contributed by atoms with E-state index in [9.17, 15) is 8.78 Å². The van der Waals surface area contributed by atoms with E-state index in [0.29, 0.717) is 5.69 Å². The van der Waals surface area contributed by atoms with E-state index in [1.54, 1.807) is 6.92 Å². The second-order valence-corrected chi connectivity index (χ2v) is 2.15. The van der Waals surface area contributed by atoms with E-state index in [-0.39, 0.29) is 5.88 Å². The highest BCUT2D eigenvalue weighted by molar-refractivity contribution is 5.14. The van der Waals surface area contributed by atoms with Crippen LogP contribution in [0.2, 0.25) is 0 Å². The molecule has 0 aliphatic carbocycles. The summed E-state index contributed by atoms with van der Waals surface area (Å²) in [5.41, 5.74) is 0.512. The maximum Gasteiger partial charge on any atom is 0.272 e. The molecule has 0 aliphatic heterocycles. The van der Waals surface area contributed by atoms with Crippen LogP contribution in [-0.4, -0.2) is 23.0 Å². The van der Waals surface area contributed by atoms with Crippen LogP contribution in [0.1, 0.15) is 5.69 Å². The number of hydrogen-bond donors (Lipinski definition) is 0. The van der Waals surface area contributed by atoms with Crippen LogP contribution in [-0.2, 0) is 0 Å². The molecule has 66 valence electrons. The zero-order valence-electron chi connectivity index (χ0n) is 6.50. The summed E-state index contributed by atoms with van der Waals surface area (Å²) in [6.45, 7) is 1.01. The van der Waals surface area contributed by atoms with Crippen LogP contribution in [0.25, 0.3) is 0 Å². The summed E-state index contributed by atoms with van der Waals surface area (Å²) >= 11 is 0. The average molecular weight is 174 g/mol. The van der Waals surface area contributed by atoms with Crippen molar-refractivity contribution >= 4 is 0 Å². The standard InChI is InChI=1S/C7H8F2N2O/c1-5-7(11-3-2-10-5)12-4-6(8)9/h2-3,6H,4H2,1H3. The lowest BCUT2D eigenvalue weighted by atomic mass is 10.5. The smallest absolute Gasteiger partial charge is 0.272 e. The summed E-state index contributed by atoms with van der Waals surface area (Å²) in [6.07, 6.45) is 0.393. The van der Waals surface area contributed by atoms with E-state index in [4.69, 9.17) is 0 Å². The minimum atomic E-state index is -2.48. The first-order valence-corrected chi connectivity index (χ1v) is 3.38. The van der Waals surface area contributed by atoms with Crippen LogP contribution in [0.15, 0.2) is 12.4 Å². The Morgan fingerprint density at radius 2 is 2.08 bits per heavy atom. The number of hydrogen-bond acceptors (Lipinski definition) is 3. The van der Waals surface area contributed by atoms with Gasteiger partial charge in [-0.3, -0.25) is 4.98 Å². The molecule has 3 nitrogen and oxygen atoms in total. The van der Waals surface area contributed by atoms with Crippen LogP contribution in [0.5, 0.6) is 5.88 Å². The van der Waals surface area contributed by atoms with Gasteiger partial charge in [-0.2, -0.15) is 0 Å². The van der Waals surface area contributed by atoms with Crippen molar-refractivity contribution in [3.8, 4) is 5.88 Å². The molecule has 0 N–H and O–H groups in total. The molecule has 0 atom stereocenters. The van der Waals surface area contributed by atoms with E-state index < -0.39 is 13.0 Å². The topological polar surface area (TPSA) is 35.0 Å². The molecule has 1 aromatic heterocycles. The molecule has 0 amide bonds. The summed E-state index contributed by atoms with van der Waals surface area (Å²) in [6, 6.07) is 0. The van der Waals surface area contributed by atoms with Crippen molar-refractivity contribution in [2.45, 2.75) is 13.3 Å². The van der Waals surface area contributed by atoms with Crippen LogP contribution in [0.4, 0.5) is 8.78 Å². The SMILES string of the molecule is Cc1nccnc1OCC(F)F. The molecule has 0 aromatic carbocycles. The number of nitrogens with zero attached hydrogens (tertiary/aromatic N) is 2. The Morgan fingerprint density at radius 3 is 2.67 bits per heavy atom. The van der Waals surface area contributed by atoms with Gasteiger partial charge in [0.25, 0.3) is 6.43 Å². The fourth-order valence-corrected chi connectivity index (χ4v) is 0.678. The van der Waals surface area contributed by atoms with Gasteiger partial charge in [0.2, 0.25) is 5.88 Å². The third-order valence-corrected chi connectivity index (χ3v) is 1.18. The molecule has 0 radical (unpaired) electrons. The Balaban J connectivity index is 2.57. The monoisotopic (exact) mass is 174 g/mol. The predicted molar refractivity (Wildman–Crippen MR) is 38.3 cm³/mol. The number of rotatable bonds is 3. The lowest BCUT2D eigenvalue weighted by Crippen LogP contribution is -2.09. The maximum atomic E-state index is 11.7. The summed E-state index contributed by atoms with van der Waals surface area (Å²) < 4.78 is 28.0. The Morgan fingerprint density at radius 1 is 1.42 bits per heavy atom. The Kier molecular flexibility index (Phi) is 2.90. The molecule has 5 heteroatoms. The van der Waals surface area contributed by atoms with Gasteiger partial charge < -0.3 is 4.74 Å². The number of halogens is 2. The van der Waals surface area contributed by atoms with Crippen molar-refractivity contribution in [1.29, 1.82) is 0 Å². The highest BCUT2D eigenvalue weighted by atomic mass is 19.3. The Hall–Kier alpha value is -1.26. The third-order valence-electron chi connectivity index (χ3n) is 1.18. The highest BCUT2D eigenvalue weighted by Gasteiger charge is 2.06. The van der Waals surface area contributed by atoms with Crippen LogP contribution >= 0.6 is 0 Å². The minimum absolute atomic E-state index is 0.165. The van der Waals surface area contributed by atoms with E-state index >= 15 is 0 Å².